The van der Waals surface area contributed by atoms with Gasteiger partial charge in [-0.2, -0.15) is 0 Å². The average molecular weight is 249 g/mol. The van der Waals surface area contributed by atoms with Gasteiger partial charge in [-0.1, -0.05) is 30.3 Å². The van der Waals surface area contributed by atoms with E-state index in [0.717, 1.165) is 5.56 Å². The van der Waals surface area contributed by atoms with E-state index < -0.39 is 23.8 Å². The quantitative estimate of drug-likeness (QED) is 0.829. The summed E-state index contributed by atoms with van der Waals surface area (Å²) in [7, 11) is 0. The molecular weight excluding hydrogens is 234 g/mol. The van der Waals surface area contributed by atoms with Crippen LogP contribution >= 0.6 is 0 Å². The van der Waals surface area contributed by atoms with Crippen molar-refractivity contribution in [2.45, 2.75) is 6.54 Å². The van der Waals surface area contributed by atoms with E-state index in [0.29, 0.717) is 19.6 Å². The lowest BCUT2D eigenvalue weighted by Gasteiger charge is -2.14. The average Bonchev–Trinajstić information content (AvgIpc) is 2.74. The van der Waals surface area contributed by atoms with E-state index >= 15 is 0 Å². The standard InChI is InChI=1S/C13H15NO4/c15-12(16)10-7-14(8-11(10)13(17)18)6-9-4-2-1-3-5-9/h1-5,10-11H,6-8H2,(H,15,16)(H,17,18)/t10-,11-/m0/s1. The SMILES string of the molecule is O=C(O)[C@H]1CN(Cc2ccccc2)C[C@@H]1C(=O)O. The Balaban J connectivity index is 2.05. The summed E-state index contributed by atoms with van der Waals surface area (Å²) in [4.78, 5) is 23.9. The molecule has 18 heavy (non-hydrogen) atoms. The summed E-state index contributed by atoms with van der Waals surface area (Å²) in [5.74, 6) is -3.69. The van der Waals surface area contributed by atoms with Crippen molar-refractivity contribution in [3.8, 4) is 0 Å². The molecule has 0 spiro atoms. The molecule has 1 aliphatic rings. The van der Waals surface area contributed by atoms with Gasteiger partial charge in [0.25, 0.3) is 0 Å². The second-order valence-electron chi connectivity index (χ2n) is 4.57. The summed E-state index contributed by atoms with van der Waals surface area (Å²) < 4.78 is 0. The fraction of sp³-hybridized carbons (Fsp3) is 0.385. The zero-order chi connectivity index (χ0) is 13.1. The maximum absolute atomic E-state index is 11.0. The largest absolute Gasteiger partial charge is 0.481 e. The van der Waals surface area contributed by atoms with Crippen LogP contribution in [0.4, 0.5) is 0 Å². The van der Waals surface area contributed by atoms with E-state index in [4.69, 9.17) is 10.2 Å². The third kappa shape index (κ3) is 2.68. The predicted molar refractivity (Wildman–Crippen MR) is 64.0 cm³/mol. The van der Waals surface area contributed by atoms with Gasteiger partial charge < -0.3 is 10.2 Å². The molecule has 1 aliphatic heterocycles. The molecule has 2 rings (SSSR count). The van der Waals surface area contributed by atoms with Gasteiger partial charge in [0.05, 0.1) is 11.8 Å². The van der Waals surface area contributed by atoms with Crippen LogP contribution < -0.4 is 0 Å². The van der Waals surface area contributed by atoms with Crippen LogP contribution in [0.25, 0.3) is 0 Å². The summed E-state index contributed by atoms with van der Waals surface area (Å²) in [5.41, 5.74) is 1.06. The maximum atomic E-state index is 11.0. The van der Waals surface area contributed by atoms with Gasteiger partial charge in [0.1, 0.15) is 0 Å². The highest BCUT2D eigenvalue weighted by Crippen LogP contribution is 2.25. The molecule has 0 aromatic heterocycles. The Morgan fingerprint density at radius 2 is 1.56 bits per heavy atom. The zero-order valence-electron chi connectivity index (χ0n) is 9.82. The molecule has 0 aliphatic carbocycles. The Kier molecular flexibility index (Phi) is 3.62. The number of aliphatic carboxylic acids is 2. The normalized spacial score (nSPS) is 24.0. The van der Waals surface area contributed by atoms with E-state index in [-0.39, 0.29) is 0 Å². The molecule has 5 nitrogen and oxygen atoms in total. The topological polar surface area (TPSA) is 77.8 Å². The highest BCUT2D eigenvalue weighted by atomic mass is 16.4. The number of nitrogens with zero attached hydrogens (tertiary/aromatic N) is 1. The molecule has 0 saturated carbocycles. The summed E-state index contributed by atoms with van der Waals surface area (Å²) >= 11 is 0. The van der Waals surface area contributed by atoms with Crippen LogP contribution in [0.1, 0.15) is 5.56 Å². The fourth-order valence-electron chi connectivity index (χ4n) is 2.36. The van der Waals surface area contributed by atoms with Crippen LogP contribution in [0.2, 0.25) is 0 Å². The van der Waals surface area contributed by atoms with Gasteiger partial charge in [0, 0.05) is 19.6 Å². The molecule has 0 amide bonds. The van der Waals surface area contributed by atoms with Crippen molar-refractivity contribution in [3.63, 3.8) is 0 Å². The third-order valence-corrected chi connectivity index (χ3v) is 3.28. The zero-order valence-corrected chi connectivity index (χ0v) is 9.82. The number of likely N-dealkylation sites (tertiary alicyclic amines) is 1. The number of carbonyl (C=O) groups is 2. The first kappa shape index (κ1) is 12.6. The van der Waals surface area contributed by atoms with Gasteiger partial charge in [-0.25, -0.2) is 0 Å². The van der Waals surface area contributed by atoms with Gasteiger partial charge in [-0.3, -0.25) is 14.5 Å². The first-order valence-corrected chi connectivity index (χ1v) is 5.80. The molecule has 1 aromatic carbocycles. The van der Waals surface area contributed by atoms with Gasteiger partial charge in [0.15, 0.2) is 0 Å². The number of benzene rings is 1. The molecule has 1 heterocycles. The summed E-state index contributed by atoms with van der Waals surface area (Å²) in [5, 5.41) is 18.1. The first-order valence-electron chi connectivity index (χ1n) is 5.80. The molecule has 0 unspecified atom stereocenters. The molecule has 2 atom stereocenters. The minimum absolute atomic E-state index is 0.293. The van der Waals surface area contributed by atoms with E-state index in [1.165, 1.54) is 0 Å². The van der Waals surface area contributed by atoms with Crippen molar-refractivity contribution < 1.29 is 19.8 Å². The Morgan fingerprint density at radius 1 is 1.06 bits per heavy atom. The summed E-state index contributed by atoms with van der Waals surface area (Å²) in [6, 6.07) is 9.63. The Labute approximate surface area is 105 Å². The summed E-state index contributed by atoms with van der Waals surface area (Å²) in [6.07, 6.45) is 0. The van der Waals surface area contributed by atoms with Crippen LogP contribution in [-0.2, 0) is 16.1 Å². The smallest absolute Gasteiger partial charge is 0.308 e. The fourth-order valence-corrected chi connectivity index (χ4v) is 2.36. The van der Waals surface area contributed by atoms with Crippen LogP contribution in [0.5, 0.6) is 0 Å². The lowest BCUT2D eigenvalue weighted by Crippen LogP contribution is -2.28. The van der Waals surface area contributed by atoms with Crippen LogP contribution in [0.3, 0.4) is 0 Å². The lowest BCUT2D eigenvalue weighted by molar-refractivity contribution is -0.151. The first-order chi connectivity index (χ1) is 8.58. The number of hydrogen-bond donors (Lipinski definition) is 2. The van der Waals surface area contributed by atoms with Crippen molar-refractivity contribution in [1.82, 2.24) is 4.90 Å². The second-order valence-corrected chi connectivity index (χ2v) is 4.57. The van der Waals surface area contributed by atoms with E-state index in [1.54, 1.807) is 0 Å². The maximum Gasteiger partial charge on any atom is 0.308 e. The molecule has 1 fully saturated rings. The van der Waals surface area contributed by atoms with E-state index in [2.05, 4.69) is 0 Å². The van der Waals surface area contributed by atoms with Crippen LogP contribution in [0, 0.1) is 11.8 Å². The van der Waals surface area contributed by atoms with E-state index in [9.17, 15) is 9.59 Å². The molecular formula is C13H15NO4. The van der Waals surface area contributed by atoms with Crippen molar-refractivity contribution in [1.29, 1.82) is 0 Å². The summed E-state index contributed by atoms with van der Waals surface area (Å²) in [6.45, 7) is 1.18. The highest BCUT2D eigenvalue weighted by Gasteiger charge is 2.41. The minimum atomic E-state index is -1.03. The van der Waals surface area contributed by atoms with Crippen molar-refractivity contribution in [3.05, 3.63) is 35.9 Å². The van der Waals surface area contributed by atoms with Crippen molar-refractivity contribution >= 4 is 11.9 Å². The molecule has 1 aromatic rings. The van der Waals surface area contributed by atoms with Crippen molar-refractivity contribution in [2.75, 3.05) is 13.1 Å². The molecule has 5 heteroatoms. The predicted octanol–water partition coefficient (Wildman–Crippen LogP) is 0.904. The minimum Gasteiger partial charge on any atom is -0.481 e. The third-order valence-electron chi connectivity index (χ3n) is 3.28. The molecule has 1 saturated heterocycles. The number of carboxylic acids is 2. The highest BCUT2D eigenvalue weighted by molar-refractivity contribution is 5.81. The van der Waals surface area contributed by atoms with Gasteiger partial charge >= 0.3 is 11.9 Å². The molecule has 0 radical (unpaired) electrons. The number of carboxylic acid groups (broad SMARTS) is 2. The number of hydrogen-bond acceptors (Lipinski definition) is 3. The second kappa shape index (κ2) is 5.18. The number of rotatable bonds is 4. The van der Waals surface area contributed by atoms with E-state index in [1.807, 2.05) is 35.2 Å². The molecule has 96 valence electrons. The lowest BCUT2D eigenvalue weighted by atomic mass is 9.97. The van der Waals surface area contributed by atoms with Crippen molar-refractivity contribution in [2.24, 2.45) is 11.8 Å². The van der Waals surface area contributed by atoms with Gasteiger partial charge in [0.2, 0.25) is 0 Å². The van der Waals surface area contributed by atoms with Crippen LogP contribution in [0.15, 0.2) is 30.3 Å². The van der Waals surface area contributed by atoms with Crippen LogP contribution in [-0.4, -0.2) is 40.1 Å². The Morgan fingerprint density at radius 3 is 2.00 bits per heavy atom. The van der Waals surface area contributed by atoms with Gasteiger partial charge in [-0.05, 0) is 5.56 Å². The molecule has 2 N–H and O–H groups in total. The molecule has 0 bridgehead atoms. The Hall–Kier alpha value is -1.88. The van der Waals surface area contributed by atoms with Gasteiger partial charge in [-0.15, -0.1) is 0 Å². The monoisotopic (exact) mass is 249 g/mol. The Bertz CT molecular complexity index is 424.